The molecule has 15 heavy (non-hydrogen) atoms. The molecular weight excluding hydrogens is 233 g/mol. The first-order chi connectivity index (χ1) is 7.18. The molecule has 1 unspecified atom stereocenters. The van der Waals surface area contributed by atoms with Crippen molar-refractivity contribution in [2.24, 2.45) is 0 Å². The molecule has 0 fully saturated rings. The molecular formula is C11H9Cl2NO. The van der Waals surface area contributed by atoms with Gasteiger partial charge in [-0.25, -0.2) is 0 Å². The molecule has 0 saturated carbocycles. The quantitative estimate of drug-likeness (QED) is 0.831. The van der Waals surface area contributed by atoms with Gasteiger partial charge in [0, 0.05) is 33.6 Å². The van der Waals surface area contributed by atoms with Crippen molar-refractivity contribution < 1.29 is 5.11 Å². The Morgan fingerprint density at radius 1 is 1.20 bits per heavy atom. The third-order valence-electron chi connectivity index (χ3n) is 2.19. The van der Waals surface area contributed by atoms with Crippen LogP contribution in [0.5, 0.6) is 0 Å². The van der Waals surface area contributed by atoms with Crippen LogP contribution < -0.4 is 0 Å². The van der Waals surface area contributed by atoms with Crippen LogP contribution in [0.25, 0.3) is 0 Å². The summed E-state index contributed by atoms with van der Waals surface area (Å²) >= 11 is 11.8. The van der Waals surface area contributed by atoms with Crippen LogP contribution in [0.4, 0.5) is 0 Å². The van der Waals surface area contributed by atoms with Crippen molar-refractivity contribution in [3.63, 3.8) is 0 Å². The highest BCUT2D eigenvalue weighted by Crippen LogP contribution is 2.30. The van der Waals surface area contributed by atoms with Gasteiger partial charge in [-0.2, -0.15) is 0 Å². The molecule has 0 spiro atoms. The average Bonchev–Trinajstić information content (AvgIpc) is 2.74. The molecule has 1 aromatic carbocycles. The van der Waals surface area contributed by atoms with Gasteiger partial charge in [0.25, 0.3) is 0 Å². The van der Waals surface area contributed by atoms with Gasteiger partial charge in [-0.05, 0) is 24.3 Å². The van der Waals surface area contributed by atoms with Gasteiger partial charge in [0.2, 0.25) is 0 Å². The van der Waals surface area contributed by atoms with Crippen LogP contribution in [0.1, 0.15) is 17.2 Å². The van der Waals surface area contributed by atoms with Crippen LogP contribution in [0.3, 0.4) is 0 Å². The normalized spacial score (nSPS) is 12.7. The summed E-state index contributed by atoms with van der Waals surface area (Å²) in [4.78, 5) is 2.88. The molecule has 2 nitrogen and oxygen atoms in total. The van der Waals surface area contributed by atoms with Crippen molar-refractivity contribution in [1.29, 1.82) is 0 Å². The molecule has 0 aliphatic carbocycles. The lowest BCUT2D eigenvalue weighted by Crippen LogP contribution is -1.98. The topological polar surface area (TPSA) is 36.0 Å². The van der Waals surface area contributed by atoms with Crippen molar-refractivity contribution in [1.82, 2.24) is 4.98 Å². The zero-order chi connectivity index (χ0) is 10.8. The van der Waals surface area contributed by atoms with Crippen LogP contribution in [0.15, 0.2) is 36.7 Å². The highest BCUT2D eigenvalue weighted by molar-refractivity contribution is 6.33. The summed E-state index contributed by atoms with van der Waals surface area (Å²) in [6.07, 6.45) is 2.72. The summed E-state index contributed by atoms with van der Waals surface area (Å²) in [5, 5.41) is 11.1. The van der Waals surface area contributed by atoms with Crippen LogP contribution in [0.2, 0.25) is 10.0 Å². The number of aromatic nitrogens is 1. The predicted octanol–water partition coefficient (Wildman–Crippen LogP) is 3.40. The molecule has 0 saturated heterocycles. The van der Waals surface area contributed by atoms with Crippen LogP contribution >= 0.6 is 23.2 Å². The fourth-order valence-corrected chi connectivity index (χ4v) is 1.81. The van der Waals surface area contributed by atoms with E-state index in [9.17, 15) is 5.11 Å². The predicted molar refractivity (Wildman–Crippen MR) is 61.3 cm³/mol. The van der Waals surface area contributed by atoms with Gasteiger partial charge in [0.1, 0.15) is 6.10 Å². The standard InChI is InChI=1S/C11H9Cl2NO/c12-8-1-2-10(13)9(5-8)11(15)7-3-4-14-6-7/h1-6,11,14-15H. The lowest BCUT2D eigenvalue weighted by atomic mass is 10.0. The van der Waals surface area contributed by atoms with Gasteiger partial charge in [-0.15, -0.1) is 0 Å². The maximum atomic E-state index is 10.0. The van der Waals surface area contributed by atoms with E-state index < -0.39 is 6.10 Å². The SMILES string of the molecule is OC(c1cc[nH]c1)c1cc(Cl)ccc1Cl. The number of benzene rings is 1. The number of halogens is 2. The van der Waals surface area contributed by atoms with E-state index in [1.807, 2.05) is 0 Å². The van der Waals surface area contributed by atoms with Gasteiger partial charge in [0.05, 0.1) is 0 Å². The van der Waals surface area contributed by atoms with Crippen LogP contribution in [-0.4, -0.2) is 10.1 Å². The molecule has 0 radical (unpaired) electrons. The highest BCUT2D eigenvalue weighted by atomic mass is 35.5. The molecule has 2 N–H and O–H groups in total. The van der Waals surface area contributed by atoms with E-state index >= 15 is 0 Å². The second-order valence-electron chi connectivity index (χ2n) is 3.21. The summed E-state index contributed by atoms with van der Waals surface area (Å²) in [6.45, 7) is 0. The number of rotatable bonds is 2. The highest BCUT2D eigenvalue weighted by Gasteiger charge is 2.14. The van der Waals surface area contributed by atoms with E-state index in [-0.39, 0.29) is 0 Å². The van der Waals surface area contributed by atoms with Gasteiger partial charge in [0.15, 0.2) is 0 Å². The van der Waals surface area contributed by atoms with Gasteiger partial charge in [-0.3, -0.25) is 0 Å². The maximum Gasteiger partial charge on any atom is 0.107 e. The minimum Gasteiger partial charge on any atom is -0.384 e. The Labute approximate surface area is 97.5 Å². The smallest absolute Gasteiger partial charge is 0.107 e. The van der Waals surface area contributed by atoms with Crippen molar-refractivity contribution in [2.75, 3.05) is 0 Å². The summed E-state index contributed by atoms with van der Waals surface area (Å²) in [7, 11) is 0. The Morgan fingerprint density at radius 2 is 2.00 bits per heavy atom. The van der Waals surface area contributed by atoms with E-state index in [0.29, 0.717) is 15.6 Å². The van der Waals surface area contributed by atoms with Gasteiger partial charge >= 0.3 is 0 Å². The fourth-order valence-electron chi connectivity index (χ4n) is 1.41. The molecule has 78 valence electrons. The Kier molecular flexibility index (Phi) is 3.00. The molecule has 0 amide bonds. The lowest BCUT2D eigenvalue weighted by molar-refractivity contribution is 0.220. The Hall–Kier alpha value is -0.960. The van der Waals surface area contributed by atoms with Gasteiger partial charge in [-0.1, -0.05) is 23.2 Å². The van der Waals surface area contributed by atoms with Crippen molar-refractivity contribution in [2.45, 2.75) is 6.10 Å². The van der Waals surface area contributed by atoms with Gasteiger partial charge < -0.3 is 10.1 Å². The molecule has 4 heteroatoms. The summed E-state index contributed by atoms with van der Waals surface area (Å²) in [5.41, 5.74) is 1.38. The number of nitrogens with one attached hydrogen (secondary N) is 1. The zero-order valence-corrected chi connectivity index (χ0v) is 9.26. The van der Waals surface area contributed by atoms with Crippen molar-refractivity contribution >= 4 is 23.2 Å². The van der Waals surface area contributed by atoms with Crippen molar-refractivity contribution in [3.05, 3.63) is 57.8 Å². The van der Waals surface area contributed by atoms with E-state index in [2.05, 4.69) is 4.98 Å². The van der Waals surface area contributed by atoms with Crippen molar-refractivity contribution in [3.8, 4) is 0 Å². The van der Waals surface area contributed by atoms with E-state index in [1.165, 1.54) is 0 Å². The second kappa shape index (κ2) is 4.27. The first kappa shape index (κ1) is 10.6. The molecule has 1 atom stereocenters. The summed E-state index contributed by atoms with van der Waals surface area (Å²) < 4.78 is 0. The molecule has 2 rings (SSSR count). The van der Waals surface area contributed by atoms with Crippen LogP contribution in [-0.2, 0) is 0 Å². The largest absolute Gasteiger partial charge is 0.384 e. The van der Waals surface area contributed by atoms with E-state index in [1.54, 1.807) is 36.7 Å². The molecule has 0 bridgehead atoms. The lowest BCUT2D eigenvalue weighted by Gasteiger charge is -2.11. The Balaban J connectivity index is 2.41. The van der Waals surface area contributed by atoms with E-state index in [0.717, 1.165) is 5.56 Å². The molecule has 0 aliphatic heterocycles. The summed E-state index contributed by atoms with van der Waals surface area (Å²) in [5.74, 6) is 0. The summed E-state index contributed by atoms with van der Waals surface area (Å²) in [6, 6.07) is 6.83. The number of aliphatic hydroxyl groups excluding tert-OH is 1. The first-order valence-corrected chi connectivity index (χ1v) is 5.20. The third-order valence-corrected chi connectivity index (χ3v) is 2.77. The Morgan fingerprint density at radius 3 is 2.67 bits per heavy atom. The Bertz CT molecular complexity index is 454. The number of hydrogen-bond donors (Lipinski definition) is 2. The number of aliphatic hydroxyl groups is 1. The first-order valence-electron chi connectivity index (χ1n) is 4.44. The minimum absolute atomic E-state index is 0.508. The molecule has 1 heterocycles. The fraction of sp³-hybridized carbons (Fsp3) is 0.0909. The minimum atomic E-state index is -0.748. The maximum absolute atomic E-state index is 10.0. The molecule has 2 aromatic rings. The third kappa shape index (κ3) is 2.17. The van der Waals surface area contributed by atoms with E-state index in [4.69, 9.17) is 23.2 Å². The molecule has 0 aliphatic rings. The number of hydrogen-bond acceptors (Lipinski definition) is 1. The van der Waals surface area contributed by atoms with Crippen LogP contribution in [0, 0.1) is 0 Å². The monoisotopic (exact) mass is 241 g/mol. The number of aromatic amines is 1. The zero-order valence-electron chi connectivity index (χ0n) is 7.74. The number of H-pyrrole nitrogens is 1. The second-order valence-corrected chi connectivity index (χ2v) is 4.06. The molecule has 1 aromatic heterocycles. The average molecular weight is 242 g/mol.